The van der Waals surface area contributed by atoms with Gasteiger partial charge in [0, 0.05) is 6.20 Å². The molecule has 1 aliphatic heterocycles. The minimum atomic E-state index is -0.0635. The number of para-hydroxylation sites is 2. The van der Waals surface area contributed by atoms with Crippen molar-refractivity contribution in [2.45, 2.75) is 39.0 Å². The molecule has 0 bridgehead atoms. The second-order valence-corrected chi connectivity index (χ2v) is 18.0. The molecular formula is C55H44N4O2Pt. The fraction of sp³-hybridized carbons (Fsp3) is 0.127. The van der Waals surface area contributed by atoms with Gasteiger partial charge < -0.3 is 4.74 Å². The molecule has 11 rings (SSSR count). The summed E-state index contributed by atoms with van der Waals surface area (Å²) in [6.07, 6.45) is 3.89. The second kappa shape index (κ2) is 15.3. The van der Waals surface area contributed by atoms with Crippen LogP contribution in [-0.2, 0) is 31.2 Å². The Morgan fingerprint density at radius 1 is 0.581 bits per heavy atom. The fourth-order valence-electron chi connectivity index (χ4n) is 9.02. The summed E-state index contributed by atoms with van der Waals surface area (Å²) in [5.41, 5.74) is 13.7. The van der Waals surface area contributed by atoms with Crippen molar-refractivity contribution in [1.82, 2.24) is 18.7 Å². The maximum atomic E-state index is 6.80. The molecule has 62 heavy (non-hydrogen) atoms. The fourth-order valence-corrected chi connectivity index (χ4v) is 10.1. The molecule has 0 amide bonds. The molecular weight excluding hydrogens is 944 g/mol. The van der Waals surface area contributed by atoms with E-state index in [1.165, 1.54) is 38.8 Å². The first-order valence-corrected chi connectivity index (χ1v) is 22.3. The Kier molecular flexibility index (Phi) is 9.43. The zero-order valence-corrected chi connectivity index (χ0v) is 37.1. The number of fused-ring (bicyclic) bond motifs is 5. The van der Waals surface area contributed by atoms with Crippen LogP contribution in [0.4, 0.5) is 0 Å². The number of aromatic nitrogens is 4. The van der Waals surface area contributed by atoms with E-state index in [2.05, 4.69) is 205 Å². The topological polar surface area (TPSA) is 46.1 Å². The summed E-state index contributed by atoms with van der Waals surface area (Å²) in [6, 6.07) is 60.4. The van der Waals surface area contributed by atoms with Gasteiger partial charge in [-0.3, -0.25) is 0 Å². The third kappa shape index (κ3) is 6.61. The van der Waals surface area contributed by atoms with Gasteiger partial charge in [0.25, 0.3) is 0 Å². The van der Waals surface area contributed by atoms with Crippen molar-refractivity contribution in [2.75, 3.05) is 6.61 Å². The molecule has 7 heteroatoms. The number of hydrogen-bond donors (Lipinski definition) is 0. The average molecular weight is 988 g/mol. The first-order chi connectivity index (χ1) is 30.3. The van der Waals surface area contributed by atoms with E-state index in [0.29, 0.717) is 0 Å². The Hall–Kier alpha value is -6.75. The summed E-state index contributed by atoms with van der Waals surface area (Å²) in [5.74, 6) is 3.30. The van der Waals surface area contributed by atoms with Crippen LogP contribution in [0.25, 0.3) is 72.3 Å². The number of aryl methyl sites for hydroxylation is 1. The number of pyridine rings is 1. The molecule has 0 spiro atoms. The number of hydrogen-bond acceptors (Lipinski definition) is 3. The van der Waals surface area contributed by atoms with Gasteiger partial charge in [0.1, 0.15) is 5.75 Å². The van der Waals surface area contributed by atoms with E-state index in [-0.39, 0.29) is 5.41 Å². The van der Waals surface area contributed by atoms with Gasteiger partial charge in [-0.15, -0.1) is 0 Å². The van der Waals surface area contributed by atoms with Crippen molar-refractivity contribution in [3.8, 4) is 56.7 Å². The predicted molar refractivity (Wildman–Crippen MR) is 248 cm³/mol. The Labute approximate surface area is 371 Å². The summed E-state index contributed by atoms with van der Waals surface area (Å²) in [7, 11) is 0. The van der Waals surface area contributed by atoms with Crippen LogP contribution in [0, 0.1) is 3.80 Å². The molecule has 10 aromatic rings. The third-order valence-electron chi connectivity index (χ3n) is 12.0. The number of imidazole rings is 1. The van der Waals surface area contributed by atoms with Gasteiger partial charge in [-0.05, 0) is 24.5 Å². The maximum absolute atomic E-state index is 6.80. The van der Waals surface area contributed by atoms with Crippen molar-refractivity contribution in [3.05, 3.63) is 191 Å². The Balaban J connectivity index is 1.07. The van der Waals surface area contributed by atoms with Gasteiger partial charge >= 0.3 is 320 Å². The van der Waals surface area contributed by atoms with Crippen molar-refractivity contribution >= 4 is 32.8 Å². The molecule has 0 saturated carbocycles. The molecule has 0 radical (unpaired) electrons. The number of ether oxygens (including phenoxy) is 2. The van der Waals surface area contributed by atoms with Crippen LogP contribution in [0.2, 0.25) is 0 Å². The monoisotopic (exact) mass is 987 g/mol. The van der Waals surface area contributed by atoms with Gasteiger partial charge in [0.2, 0.25) is 0 Å². The summed E-state index contributed by atoms with van der Waals surface area (Å²) in [5, 5.41) is 2.34. The molecule has 0 atom stereocenters. The third-order valence-corrected chi connectivity index (χ3v) is 13.0. The molecule has 3 aromatic heterocycles. The summed E-state index contributed by atoms with van der Waals surface area (Å²) < 4.78 is 21.0. The van der Waals surface area contributed by atoms with E-state index >= 15 is 0 Å². The predicted octanol–water partition coefficient (Wildman–Crippen LogP) is 13.7. The van der Waals surface area contributed by atoms with Crippen LogP contribution in [0.1, 0.15) is 38.3 Å². The molecule has 306 valence electrons. The summed E-state index contributed by atoms with van der Waals surface area (Å²) in [6.45, 7) is 7.63. The molecule has 7 aromatic carbocycles. The summed E-state index contributed by atoms with van der Waals surface area (Å²) in [4.78, 5) is 4.79. The summed E-state index contributed by atoms with van der Waals surface area (Å²) >= 11 is 2.52. The Morgan fingerprint density at radius 3 is 1.94 bits per heavy atom. The first kappa shape index (κ1) is 38.2. The minimum absolute atomic E-state index is 0.0635. The van der Waals surface area contributed by atoms with Crippen LogP contribution >= 0.6 is 0 Å². The first-order valence-electron chi connectivity index (χ1n) is 21.2. The van der Waals surface area contributed by atoms with Crippen LogP contribution in [-0.4, -0.2) is 25.3 Å². The average Bonchev–Trinajstić information content (AvgIpc) is 3.78. The number of rotatable bonds is 7. The van der Waals surface area contributed by atoms with Crippen LogP contribution < -0.4 is 9.47 Å². The van der Waals surface area contributed by atoms with Crippen molar-refractivity contribution in [2.24, 2.45) is 0 Å². The van der Waals surface area contributed by atoms with Crippen LogP contribution in [0.5, 0.6) is 17.2 Å². The van der Waals surface area contributed by atoms with Crippen molar-refractivity contribution in [1.29, 1.82) is 0 Å². The van der Waals surface area contributed by atoms with E-state index in [4.69, 9.17) is 14.5 Å². The molecule has 0 fully saturated rings. The van der Waals surface area contributed by atoms with Crippen LogP contribution in [0.15, 0.2) is 176 Å². The molecule has 0 saturated heterocycles. The van der Waals surface area contributed by atoms with Gasteiger partial charge in [-0.1, -0.05) is 6.07 Å². The molecule has 6 nitrogen and oxygen atoms in total. The van der Waals surface area contributed by atoms with E-state index in [0.717, 1.165) is 85.1 Å². The SMILES string of the molecule is CC(C)(C)c1cc(-c2ccccc2)c(-n2[c](=[Pt])n(-c3cccc(Oc4ccc5c6cc7c(cc6n(-c6ccccn6)c5c4)OCCC7)c3)c3ccccc32)c(-c2ccccc2)c1. The molecule has 0 unspecified atom stereocenters. The normalized spacial score (nSPS) is 12.8. The quantitative estimate of drug-likeness (QED) is 0.160. The van der Waals surface area contributed by atoms with E-state index in [1.807, 2.05) is 24.4 Å². The molecule has 0 N–H and O–H groups in total. The van der Waals surface area contributed by atoms with Gasteiger partial charge in [-0.2, -0.15) is 0 Å². The van der Waals surface area contributed by atoms with Gasteiger partial charge in [0.15, 0.2) is 0 Å². The zero-order chi connectivity index (χ0) is 42.0. The van der Waals surface area contributed by atoms with E-state index in [9.17, 15) is 0 Å². The zero-order valence-electron chi connectivity index (χ0n) is 34.8. The second-order valence-electron chi connectivity index (χ2n) is 17.0. The van der Waals surface area contributed by atoms with E-state index in [1.54, 1.807) is 0 Å². The van der Waals surface area contributed by atoms with Gasteiger partial charge in [0.05, 0.1) is 6.61 Å². The Bertz CT molecular complexity index is 3320. The van der Waals surface area contributed by atoms with Crippen LogP contribution in [0.3, 0.4) is 0 Å². The molecule has 0 aliphatic carbocycles. The van der Waals surface area contributed by atoms with Crippen molar-refractivity contribution < 1.29 is 28.8 Å². The molecule has 4 heterocycles. The molecule has 1 aliphatic rings. The standard InChI is InChI=1S/C55H44N4O2.Pt/c1-55(2,3)40-31-45(37-16-6-4-7-17-37)54(46(32-40)38-18-8-5-9-19-38)58-36-57(48-23-10-11-24-49(48)58)41-21-14-22-42(33-41)61-43-26-27-44-47-30-39-20-15-29-60-52(39)35-51(47)59(50(44)34-43)53-25-12-13-28-56-53;/h4-14,16-19,21-28,30-35H,15,20,29H2,1-3H3;. The Morgan fingerprint density at radius 2 is 1.24 bits per heavy atom. The number of nitrogens with zero attached hydrogens (tertiary/aromatic N) is 4. The van der Waals surface area contributed by atoms with Gasteiger partial charge in [-0.25, -0.2) is 0 Å². The van der Waals surface area contributed by atoms with Crippen molar-refractivity contribution in [3.63, 3.8) is 0 Å². The van der Waals surface area contributed by atoms with E-state index < -0.39 is 0 Å². The number of benzene rings is 7.